The van der Waals surface area contributed by atoms with Crippen molar-refractivity contribution in [3.63, 3.8) is 0 Å². The molecule has 5 aromatic carbocycles. The van der Waals surface area contributed by atoms with Gasteiger partial charge in [0.15, 0.2) is 0 Å². The molecule has 46 heavy (non-hydrogen) atoms. The number of hydrogen-bond acceptors (Lipinski definition) is 0. The number of unbranched alkanes of at least 4 members (excludes halogenated alkanes) is 2. The van der Waals surface area contributed by atoms with E-state index >= 15 is 13.2 Å². The van der Waals surface area contributed by atoms with Crippen LogP contribution in [-0.4, -0.2) is 6.18 Å². The summed E-state index contributed by atoms with van der Waals surface area (Å²) >= 11 is 0. The number of hydrogen-bond donors (Lipinski definition) is 0. The largest absolute Gasteiger partial charge is 0.458 e. The summed E-state index contributed by atoms with van der Waals surface area (Å²) in [6.45, 7) is 2.17. The average Bonchev–Trinajstić information content (AvgIpc) is 2.99. The zero-order valence-electron chi connectivity index (χ0n) is 24.8. The summed E-state index contributed by atoms with van der Waals surface area (Å²) in [4.78, 5) is 0. The first kappa shape index (κ1) is 32.7. The first-order chi connectivity index (χ1) is 21.9. The lowest BCUT2D eigenvalue weighted by Crippen LogP contribution is -2.02. The highest BCUT2D eigenvalue weighted by Crippen LogP contribution is 2.35. The van der Waals surface area contributed by atoms with Gasteiger partial charge in [-0.05, 0) is 89.2 Å². The quantitative estimate of drug-likeness (QED) is 0.0858. The lowest BCUT2D eigenvalue weighted by molar-refractivity contribution is -0.0696. The Morgan fingerprint density at radius 1 is 0.587 bits per heavy atom. The van der Waals surface area contributed by atoms with Crippen molar-refractivity contribution in [2.75, 3.05) is 0 Å². The van der Waals surface area contributed by atoms with Gasteiger partial charge in [0, 0.05) is 16.9 Å². The summed E-state index contributed by atoms with van der Waals surface area (Å²) in [7, 11) is 0. The number of aryl methyl sites for hydroxylation is 3. The van der Waals surface area contributed by atoms with Crippen LogP contribution < -0.4 is 0 Å². The molecule has 0 aliphatic rings. The highest BCUT2D eigenvalue weighted by Gasteiger charge is 2.24. The molecule has 0 saturated heterocycles. The number of fused-ring (bicyclic) bond motifs is 1. The summed E-state index contributed by atoms with van der Waals surface area (Å²) in [5.74, 6) is -3.12. The van der Waals surface area contributed by atoms with Crippen LogP contribution in [0.1, 0.15) is 48.4 Å². The minimum Gasteiger partial charge on any atom is -0.206 e. The van der Waals surface area contributed by atoms with Gasteiger partial charge in [0.2, 0.25) is 0 Å². The van der Waals surface area contributed by atoms with Gasteiger partial charge >= 0.3 is 6.18 Å². The second-order valence-electron chi connectivity index (χ2n) is 11.1. The fourth-order valence-electron chi connectivity index (χ4n) is 5.43. The van der Waals surface area contributed by atoms with Gasteiger partial charge in [0.05, 0.1) is 11.1 Å². The van der Waals surface area contributed by atoms with E-state index in [9.17, 15) is 22.0 Å². The molecule has 0 spiro atoms. The van der Waals surface area contributed by atoms with E-state index in [1.165, 1.54) is 36.5 Å². The van der Waals surface area contributed by atoms with E-state index in [1.54, 1.807) is 6.07 Å². The Morgan fingerprint density at radius 2 is 1.22 bits per heavy atom. The molecule has 0 fully saturated rings. The van der Waals surface area contributed by atoms with Crippen LogP contribution in [0.5, 0.6) is 0 Å². The summed E-state index contributed by atoms with van der Waals surface area (Å²) in [6, 6.07) is 18.9. The first-order valence-corrected chi connectivity index (χ1v) is 14.8. The molecule has 5 aromatic rings. The van der Waals surface area contributed by atoms with Gasteiger partial charge in [-0.2, -0.15) is 13.2 Å². The predicted molar refractivity (Wildman–Crippen MR) is 165 cm³/mol. The van der Waals surface area contributed by atoms with Crippen molar-refractivity contribution in [1.82, 2.24) is 0 Å². The van der Waals surface area contributed by atoms with Gasteiger partial charge in [-0.1, -0.05) is 74.2 Å². The van der Waals surface area contributed by atoms with E-state index in [4.69, 9.17) is 0 Å². The molecule has 0 N–H and O–H groups in total. The Morgan fingerprint density at radius 3 is 1.85 bits per heavy atom. The van der Waals surface area contributed by atoms with Crippen molar-refractivity contribution in [1.29, 1.82) is 0 Å². The van der Waals surface area contributed by atoms with E-state index in [2.05, 4.69) is 31.2 Å². The van der Waals surface area contributed by atoms with E-state index < -0.39 is 46.4 Å². The Labute approximate surface area is 261 Å². The monoisotopic (exact) mass is 636 g/mol. The summed E-state index contributed by atoms with van der Waals surface area (Å²) in [5.41, 5.74) is 1.44. The molecular weight excluding hydrogens is 608 g/mol. The Balaban J connectivity index is 1.35. The van der Waals surface area contributed by atoms with Crippen LogP contribution in [0.25, 0.3) is 33.0 Å². The lowest BCUT2D eigenvalue weighted by atomic mass is 9.95. The van der Waals surface area contributed by atoms with Gasteiger partial charge in [-0.3, -0.25) is 0 Å². The Kier molecular flexibility index (Phi) is 9.81. The molecule has 0 unspecified atom stereocenters. The van der Waals surface area contributed by atoms with Gasteiger partial charge in [0.25, 0.3) is 0 Å². The number of benzene rings is 5. The third-order valence-electron chi connectivity index (χ3n) is 7.83. The molecular formula is C38H28F8. The highest BCUT2D eigenvalue weighted by atomic mass is 19.4. The van der Waals surface area contributed by atoms with Crippen molar-refractivity contribution >= 4 is 10.8 Å². The molecule has 8 heteroatoms. The van der Waals surface area contributed by atoms with E-state index in [0.717, 1.165) is 66.3 Å². The third-order valence-corrected chi connectivity index (χ3v) is 7.83. The van der Waals surface area contributed by atoms with Crippen LogP contribution in [0.2, 0.25) is 0 Å². The standard InChI is InChI=1S/C38H28F8/c1-2-3-4-5-23-6-8-24(9-7-23)10-11-25-12-14-29(32(39)18-25)28-21-34(41)36(35(42)22-28)26-13-15-30-27(19-26)20-33(40)31(37(30)43)16-17-38(44,45)46/h6-9,12-15,18-22H,2-5,10-11H2,1H3. The maximum atomic E-state index is 15.3. The number of rotatable bonds is 9. The van der Waals surface area contributed by atoms with Gasteiger partial charge < -0.3 is 0 Å². The SMILES string of the molecule is CCCCCc1ccc(CCc2ccc(-c3cc(F)c(-c4ccc5c(F)c(C#CC(F)(F)F)c(F)cc5c4)c(F)c3)c(F)c2)cc1. The van der Waals surface area contributed by atoms with Crippen LogP contribution in [0.3, 0.4) is 0 Å². The molecule has 5 rings (SSSR count). The second-order valence-corrected chi connectivity index (χ2v) is 11.1. The normalized spacial score (nSPS) is 11.5. The molecule has 0 saturated carbocycles. The molecule has 0 bridgehead atoms. The molecule has 236 valence electrons. The molecule has 0 aliphatic carbocycles. The molecule has 0 nitrogen and oxygen atoms in total. The van der Waals surface area contributed by atoms with Gasteiger partial charge in [0.1, 0.15) is 29.1 Å². The maximum absolute atomic E-state index is 15.3. The fourth-order valence-corrected chi connectivity index (χ4v) is 5.43. The Bertz CT molecular complexity index is 1920. The maximum Gasteiger partial charge on any atom is 0.458 e. The molecule has 0 atom stereocenters. The van der Waals surface area contributed by atoms with Crippen LogP contribution in [0, 0.1) is 40.9 Å². The predicted octanol–water partition coefficient (Wildman–Crippen LogP) is 11.3. The number of halogens is 8. The molecule has 0 aromatic heterocycles. The van der Waals surface area contributed by atoms with Crippen molar-refractivity contribution in [2.45, 2.75) is 51.6 Å². The zero-order chi connectivity index (χ0) is 33.0. The van der Waals surface area contributed by atoms with Crippen LogP contribution >= 0.6 is 0 Å². The highest BCUT2D eigenvalue weighted by molar-refractivity contribution is 5.89. The van der Waals surface area contributed by atoms with E-state index in [0.29, 0.717) is 12.8 Å². The zero-order valence-corrected chi connectivity index (χ0v) is 24.8. The van der Waals surface area contributed by atoms with Crippen molar-refractivity contribution < 1.29 is 35.1 Å². The lowest BCUT2D eigenvalue weighted by Gasteiger charge is -2.12. The van der Waals surface area contributed by atoms with Crippen LogP contribution in [0.4, 0.5) is 35.1 Å². The van der Waals surface area contributed by atoms with Crippen molar-refractivity contribution in [3.8, 4) is 34.1 Å². The average molecular weight is 637 g/mol. The third kappa shape index (κ3) is 7.59. The van der Waals surface area contributed by atoms with Crippen LogP contribution in [-0.2, 0) is 19.3 Å². The van der Waals surface area contributed by atoms with E-state index in [-0.39, 0.29) is 27.5 Å². The summed E-state index contributed by atoms with van der Waals surface area (Å²) in [6.07, 6.45) is 0.882. The fraction of sp³-hybridized carbons (Fsp3) is 0.211. The molecule has 0 aliphatic heterocycles. The molecule has 0 radical (unpaired) electrons. The van der Waals surface area contributed by atoms with Crippen LogP contribution in [0.15, 0.2) is 78.9 Å². The molecule has 0 heterocycles. The molecule has 0 amide bonds. The minimum atomic E-state index is -4.95. The number of alkyl halides is 3. The van der Waals surface area contributed by atoms with Crippen molar-refractivity contribution in [3.05, 3.63) is 130 Å². The first-order valence-electron chi connectivity index (χ1n) is 14.8. The smallest absolute Gasteiger partial charge is 0.206 e. The Hall–Kier alpha value is -4.64. The summed E-state index contributed by atoms with van der Waals surface area (Å²) < 4.78 is 112. The minimum absolute atomic E-state index is 0.000295. The second kappa shape index (κ2) is 13.8. The summed E-state index contributed by atoms with van der Waals surface area (Å²) in [5, 5.41) is -0.423. The van der Waals surface area contributed by atoms with Gasteiger partial charge in [-0.15, -0.1) is 0 Å². The van der Waals surface area contributed by atoms with Gasteiger partial charge in [-0.25, -0.2) is 22.0 Å². The van der Waals surface area contributed by atoms with Crippen molar-refractivity contribution in [2.24, 2.45) is 0 Å². The van der Waals surface area contributed by atoms with E-state index in [1.807, 2.05) is 0 Å². The topological polar surface area (TPSA) is 0 Å².